The fourth-order valence-electron chi connectivity index (χ4n) is 4.80. The van der Waals surface area contributed by atoms with Crippen molar-refractivity contribution >= 4 is 41.5 Å². The maximum atomic E-state index is 12.5. The Morgan fingerprint density at radius 1 is 1.09 bits per heavy atom. The molecule has 0 unspecified atom stereocenters. The van der Waals surface area contributed by atoms with Gasteiger partial charge in [-0.15, -0.1) is 5.53 Å². The molecular weight excluding hydrogens is 591 g/mol. The highest BCUT2D eigenvalue weighted by atomic mass is 35.5. The van der Waals surface area contributed by atoms with Gasteiger partial charge in [0, 0.05) is 60.0 Å². The molecule has 0 bridgehead atoms. The van der Waals surface area contributed by atoms with E-state index < -0.39 is 5.60 Å². The summed E-state index contributed by atoms with van der Waals surface area (Å²) in [4.78, 5) is 29.2. The number of carbonyl (C=O) groups is 2. The first-order valence-electron chi connectivity index (χ1n) is 14.0. The van der Waals surface area contributed by atoms with Crippen LogP contribution in [0.15, 0.2) is 53.5 Å². The van der Waals surface area contributed by atoms with Gasteiger partial charge in [-0.25, -0.2) is 4.79 Å². The summed E-state index contributed by atoms with van der Waals surface area (Å²) in [7, 11) is 3.57. The molecule has 5 rings (SSSR count). The number of rotatable bonds is 5. The van der Waals surface area contributed by atoms with Gasteiger partial charge in [-0.05, 0) is 63.4 Å². The number of benzene rings is 2. The predicted molar refractivity (Wildman–Crippen MR) is 169 cm³/mol. The zero-order valence-electron chi connectivity index (χ0n) is 25.0. The maximum absolute atomic E-state index is 12.5. The lowest BCUT2D eigenvalue weighted by Gasteiger charge is -2.33. The van der Waals surface area contributed by atoms with Gasteiger partial charge < -0.3 is 9.64 Å². The Kier molecular flexibility index (Phi) is 10.7. The molecule has 0 saturated carbocycles. The molecule has 2 aliphatic heterocycles. The lowest BCUT2D eigenvalue weighted by atomic mass is 9.93. The molecule has 1 amide bonds. The Balaban J connectivity index is 0.000000458. The van der Waals surface area contributed by atoms with Crippen LogP contribution in [0.1, 0.15) is 61.1 Å². The van der Waals surface area contributed by atoms with Gasteiger partial charge in [-0.3, -0.25) is 24.9 Å². The van der Waals surface area contributed by atoms with Crippen LogP contribution in [0.5, 0.6) is 0 Å². The minimum absolute atomic E-state index is 0.235. The molecule has 0 atom stereocenters. The van der Waals surface area contributed by atoms with E-state index in [-0.39, 0.29) is 12.0 Å². The van der Waals surface area contributed by atoms with Crippen LogP contribution in [-0.2, 0) is 11.3 Å². The Morgan fingerprint density at radius 2 is 1.74 bits per heavy atom. The predicted octanol–water partition coefficient (Wildman–Crippen LogP) is 5.26. The van der Waals surface area contributed by atoms with E-state index in [0.29, 0.717) is 35.2 Å². The fourth-order valence-corrected chi connectivity index (χ4v) is 5.32. The average Bonchev–Trinajstić information content (AvgIpc) is 3.58. The molecule has 0 spiro atoms. The molecule has 1 aromatic heterocycles. The number of nitrogens with one attached hydrogen (secondary N) is 3. The van der Waals surface area contributed by atoms with Crippen molar-refractivity contribution in [3.63, 3.8) is 0 Å². The van der Waals surface area contributed by atoms with Crippen LogP contribution in [0.25, 0.3) is 11.3 Å². The van der Waals surface area contributed by atoms with Crippen molar-refractivity contribution in [1.29, 1.82) is 0 Å². The molecule has 2 aromatic carbocycles. The molecule has 0 radical (unpaired) electrons. The van der Waals surface area contributed by atoms with Crippen LogP contribution in [0.4, 0.5) is 4.79 Å². The number of amides is 1. The number of carbonyl (C=O) groups excluding carboxylic acids is 2. The summed E-state index contributed by atoms with van der Waals surface area (Å²) in [6.07, 6.45) is 2.19. The van der Waals surface area contributed by atoms with Crippen molar-refractivity contribution in [2.75, 3.05) is 27.2 Å². The molecule has 3 N–H and O–H groups in total. The summed E-state index contributed by atoms with van der Waals surface area (Å²) in [6, 6.07) is 15.0. The minimum atomic E-state index is -0.515. The third-order valence-electron chi connectivity index (χ3n) is 6.91. The number of hydrogen-bond acceptors (Lipinski definition) is 7. The number of aldehydes is 1. The third-order valence-corrected chi connectivity index (χ3v) is 7.35. The molecule has 2 saturated heterocycles. The first kappa shape index (κ1) is 32.3. The number of likely N-dealkylation sites (tertiary alicyclic amines) is 1. The Labute approximate surface area is 262 Å². The fraction of sp³-hybridized carbons (Fsp3) is 0.400. The normalized spacial score (nSPS) is 16.5. The lowest BCUT2D eigenvalue weighted by molar-refractivity contribution is 0.0203. The molecule has 3 aromatic rings. The largest absolute Gasteiger partial charge is 0.444 e. The van der Waals surface area contributed by atoms with Crippen molar-refractivity contribution in [2.45, 2.75) is 51.7 Å². The molecular formula is C30H38Cl2N8O3. The summed E-state index contributed by atoms with van der Waals surface area (Å²) < 4.78 is 7.55. The van der Waals surface area contributed by atoms with Crippen LogP contribution in [0, 0.1) is 0 Å². The van der Waals surface area contributed by atoms with Gasteiger partial charge in [0.05, 0.1) is 12.2 Å². The molecule has 43 heavy (non-hydrogen) atoms. The van der Waals surface area contributed by atoms with Crippen molar-refractivity contribution < 1.29 is 14.3 Å². The number of ether oxygens (including phenoxy) is 1. The second-order valence-corrected chi connectivity index (χ2v) is 12.2. The molecule has 11 nitrogen and oxygen atoms in total. The molecule has 3 heterocycles. The van der Waals surface area contributed by atoms with Crippen molar-refractivity contribution in [3.05, 3.63) is 75.4 Å². The van der Waals surface area contributed by atoms with Crippen molar-refractivity contribution in [2.24, 2.45) is 4.99 Å². The number of guanidine groups is 1. The van der Waals surface area contributed by atoms with E-state index in [0.717, 1.165) is 47.6 Å². The van der Waals surface area contributed by atoms with Gasteiger partial charge in [0.15, 0.2) is 0 Å². The third kappa shape index (κ3) is 8.93. The standard InChI is InChI=1S/C27H29Cl2N3O3.C3H9N5/c1-27(2,3)35-26(34)31-10-8-20(9-11-31)25-15-24(21-12-22(28)14-23(29)13-21)30-32(25)16-18-4-6-19(17-33)7-5-18;1-4-3-5-6-7-8(3)2/h4-7,12-15,17,20H,8-11,16H2,1-3H3;6-7H,1-2H3,(H,4,5). The van der Waals surface area contributed by atoms with E-state index in [4.69, 9.17) is 33.0 Å². The topological polar surface area (TPSA) is 116 Å². The number of aliphatic imine (C=N–C) groups is 1. The van der Waals surface area contributed by atoms with Gasteiger partial charge in [0.2, 0.25) is 5.96 Å². The molecule has 2 fully saturated rings. The quantitative estimate of drug-likeness (QED) is 0.328. The Bertz CT molecular complexity index is 1420. The SMILES string of the molecule is CC(C)(C)OC(=O)N1CCC(c2cc(-c3cc(Cl)cc(Cl)c3)nn2Cc2ccc(C=O)cc2)CC1.CN=C1NNNN1C. The first-order chi connectivity index (χ1) is 20.5. The minimum Gasteiger partial charge on any atom is -0.444 e. The van der Waals surface area contributed by atoms with Gasteiger partial charge in [-0.2, -0.15) is 10.6 Å². The van der Waals surface area contributed by atoms with Crippen LogP contribution in [-0.4, -0.2) is 70.8 Å². The molecule has 0 aliphatic carbocycles. The summed E-state index contributed by atoms with van der Waals surface area (Å²) >= 11 is 12.5. The van der Waals surface area contributed by atoms with Gasteiger partial charge >= 0.3 is 6.09 Å². The van der Waals surface area contributed by atoms with Crippen molar-refractivity contribution in [1.82, 2.24) is 36.2 Å². The number of halogens is 2. The van der Waals surface area contributed by atoms with E-state index in [9.17, 15) is 9.59 Å². The smallest absolute Gasteiger partial charge is 0.410 e. The summed E-state index contributed by atoms with van der Waals surface area (Å²) in [5, 5.41) is 7.75. The molecule has 13 heteroatoms. The average molecular weight is 630 g/mol. The monoisotopic (exact) mass is 628 g/mol. The summed E-state index contributed by atoms with van der Waals surface area (Å²) in [6.45, 7) is 7.44. The van der Waals surface area contributed by atoms with E-state index in [1.54, 1.807) is 23.0 Å². The molecule has 2 aliphatic rings. The zero-order valence-corrected chi connectivity index (χ0v) is 26.5. The van der Waals surface area contributed by atoms with Crippen molar-refractivity contribution in [3.8, 4) is 11.3 Å². The summed E-state index contributed by atoms with van der Waals surface area (Å²) in [5.41, 5.74) is 12.1. The number of aromatic nitrogens is 2. The lowest BCUT2D eigenvalue weighted by Crippen LogP contribution is -2.41. The van der Waals surface area contributed by atoms with Crippen LogP contribution in [0.3, 0.4) is 0 Å². The summed E-state index contributed by atoms with van der Waals surface area (Å²) in [5.74, 6) is 1.02. The van der Waals surface area contributed by atoms with E-state index in [2.05, 4.69) is 27.6 Å². The highest BCUT2D eigenvalue weighted by Crippen LogP contribution is 2.33. The highest BCUT2D eigenvalue weighted by Gasteiger charge is 2.29. The number of hydrogen-bond donors (Lipinski definition) is 3. The Hall–Kier alpha value is -3.64. The second-order valence-electron chi connectivity index (χ2n) is 11.3. The number of nitrogens with zero attached hydrogens (tertiary/aromatic N) is 5. The van der Waals surface area contributed by atoms with E-state index in [1.807, 2.05) is 68.9 Å². The molecule has 230 valence electrons. The van der Waals surface area contributed by atoms with Crippen LogP contribution >= 0.6 is 23.2 Å². The highest BCUT2D eigenvalue weighted by molar-refractivity contribution is 6.35. The zero-order chi connectivity index (χ0) is 31.1. The number of piperidine rings is 1. The maximum Gasteiger partial charge on any atom is 0.410 e. The first-order valence-corrected chi connectivity index (χ1v) is 14.7. The second kappa shape index (κ2) is 14.2. The Morgan fingerprint density at radius 3 is 2.26 bits per heavy atom. The van der Waals surface area contributed by atoms with Gasteiger partial charge in [0.25, 0.3) is 0 Å². The van der Waals surface area contributed by atoms with Crippen LogP contribution < -0.4 is 16.5 Å². The van der Waals surface area contributed by atoms with Crippen LogP contribution in [0.2, 0.25) is 10.0 Å². The van der Waals surface area contributed by atoms with E-state index >= 15 is 0 Å². The van der Waals surface area contributed by atoms with Gasteiger partial charge in [-0.1, -0.05) is 47.5 Å². The van der Waals surface area contributed by atoms with Gasteiger partial charge in [0.1, 0.15) is 11.9 Å². The van der Waals surface area contributed by atoms with E-state index in [1.165, 1.54) is 0 Å². The number of hydrazine groups is 3.